The number of aliphatic hydroxyl groups is 1. The molecule has 0 aromatic rings. The predicted molar refractivity (Wildman–Crippen MR) is 50.6 cm³/mol. The lowest BCUT2D eigenvalue weighted by atomic mass is 10.1. The van der Waals surface area contributed by atoms with Crippen LogP contribution in [0.4, 0.5) is 0 Å². The Morgan fingerprint density at radius 3 is 2.23 bits per heavy atom. The van der Waals surface area contributed by atoms with Crippen molar-refractivity contribution in [3.05, 3.63) is 0 Å². The standard InChI is InChI=1S/C9H19NO3/c1-4-8(9(12)13)10(5-6-11)7(2)3/h7-8,11H,4-6H2,1-3H3,(H,12,13). The second-order valence-corrected chi connectivity index (χ2v) is 3.32. The fourth-order valence-corrected chi connectivity index (χ4v) is 1.44. The zero-order valence-corrected chi connectivity index (χ0v) is 8.53. The highest BCUT2D eigenvalue weighted by molar-refractivity contribution is 5.73. The van der Waals surface area contributed by atoms with Crippen LogP contribution in [0.5, 0.6) is 0 Å². The van der Waals surface area contributed by atoms with Crippen LogP contribution in [0.3, 0.4) is 0 Å². The molecule has 0 aliphatic rings. The monoisotopic (exact) mass is 189 g/mol. The average Bonchev–Trinajstić information content (AvgIpc) is 2.03. The van der Waals surface area contributed by atoms with Gasteiger partial charge >= 0.3 is 5.97 Å². The molecular formula is C9H19NO3. The van der Waals surface area contributed by atoms with Gasteiger partial charge < -0.3 is 10.2 Å². The van der Waals surface area contributed by atoms with Crippen molar-refractivity contribution in [2.24, 2.45) is 0 Å². The van der Waals surface area contributed by atoms with E-state index in [1.165, 1.54) is 0 Å². The molecule has 0 heterocycles. The summed E-state index contributed by atoms with van der Waals surface area (Å²) in [6.45, 7) is 6.12. The van der Waals surface area contributed by atoms with Crippen molar-refractivity contribution in [1.82, 2.24) is 4.90 Å². The maximum Gasteiger partial charge on any atom is 0.320 e. The number of rotatable bonds is 6. The van der Waals surface area contributed by atoms with Gasteiger partial charge in [-0.2, -0.15) is 0 Å². The van der Waals surface area contributed by atoms with E-state index >= 15 is 0 Å². The normalized spacial score (nSPS) is 13.7. The molecule has 0 amide bonds. The molecule has 0 radical (unpaired) electrons. The van der Waals surface area contributed by atoms with Crippen molar-refractivity contribution in [2.45, 2.75) is 39.3 Å². The van der Waals surface area contributed by atoms with Gasteiger partial charge in [0.05, 0.1) is 6.61 Å². The van der Waals surface area contributed by atoms with Gasteiger partial charge in [0.2, 0.25) is 0 Å². The number of carboxylic acid groups (broad SMARTS) is 1. The van der Waals surface area contributed by atoms with Gasteiger partial charge in [0.25, 0.3) is 0 Å². The third kappa shape index (κ3) is 3.74. The first-order valence-electron chi connectivity index (χ1n) is 4.64. The van der Waals surface area contributed by atoms with Crippen LogP contribution < -0.4 is 0 Å². The van der Waals surface area contributed by atoms with Crippen LogP contribution in [0.25, 0.3) is 0 Å². The summed E-state index contributed by atoms with van der Waals surface area (Å²) in [5.74, 6) is -0.815. The van der Waals surface area contributed by atoms with Crippen molar-refractivity contribution in [3.8, 4) is 0 Å². The second-order valence-electron chi connectivity index (χ2n) is 3.32. The minimum absolute atomic E-state index is 0.00194. The smallest absolute Gasteiger partial charge is 0.320 e. The molecule has 0 spiro atoms. The Morgan fingerprint density at radius 2 is 2.00 bits per heavy atom. The Labute approximate surface area is 79.2 Å². The molecule has 0 aliphatic carbocycles. The number of nitrogens with zero attached hydrogens (tertiary/aromatic N) is 1. The summed E-state index contributed by atoms with van der Waals surface area (Å²) in [6.07, 6.45) is 0.563. The molecule has 0 bridgehead atoms. The molecule has 0 aliphatic heterocycles. The molecule has 0 fully saturated rings. The number of hydrogen-bond donors (Lipinski definition) is 2. The average molecular weight is 189 g/mol. The molecular weight excluding hydrogens is 170 g/mol. The van der Waals surface area contributed by atoms with E-state index in [2.05, 4.69) is 0 Å². The first kappa shape index (κ1) is 12.4. The van der Waals surface area contributed by atoms with Gasteiger partial charge in [0.1, 0.15) is 6.04 Å². The molecule has 2 N–H and O–H groups in total. The van der Waals surface area contributed by atoms with Crippen molar-refractivity contribution >= 4 is 5.97 Å². The fraction of sp³-hybridized carbons (Fsp3) is 0.889. The van der Waals surface area contributed by atoms with Gasteiger partial charge in [-0.05, 0) is 20.3 Å². The lowest BCUT2D eigenvalue weighted by molar-refractivity contribution is -0.144. The van der Waals surface area contributed by atoms with Crippen LogP contribution in [0.2, 0.25) is 0 Å². The summed E-state index contributed by atoms with van der Waals surface area (Å²) in [4.78, 5) is 12.6. The van der Waals surface area contributed by atoms with Crippen molar-refractivity contribution in [2.75, 3.05) is 13.2 Å². The summed E-state index contributed by atoms with van der Waals surface area (Å²) in [5, 5.41) is 17.7. The summed E-state index contributed by atoms with van der Waals surface area (Å²) in [7, 11) is 0. The SMILES string of the molecule is CCC(C(=O)O)N(CCO)C(C)C. The number of hydrogen-bond acceptors (Lipinski definition) is 3. The summed E-state index contributed by atoms with van der Waals surface area (Å²) >= 11 is 0. The van der Waals surface area contributed by atoms with Crippen LogP contribution in [0.15, 0.2) is 0 Å². The molecule has 0 aromatic carbocycles. The van der Waals surface area contributed by atoms with Crippen molar-refractivity contribution < 1.29 is 15.0 Å². The molecule has 1 unspecified atom stereocenters. The van der Waals surface area contributed by atoms with E-state index in [1.807, 2.05) is 20.8 Å². The van der Waals surface area contributed by atoms with Crippen LogP contribution in [0.1, 0.15) is 27.2 Å². The summed E-state index contributed by atoms with van der Waals surface area (Å²) < 4.78 is 0. The van der Waals surface area contributed by atoms with Crippen molar-refractivity contribution in [1.29, 1.82) is 0 Å². The van der Waals surface area contributed by atoms with Gasteiger partial charge in [0.15, 0.2) is 0 Å². The third-order valence-corrected chi connectivity index (χ3v) is 2.09. The lowest BCUT2D eigenvalue weighted by Gasteiger charge is -2.30. The Balaban J connectivity index is 4.38. The first-order chi connectivity index (χ1) is 6.04. The van der Waals surface area contributed by atoms with Gasteiger partial charge in [-0.25, -0.2) is 0 Å². The van der Waals surface area contributed by atoms with Crippen molar-refractivity contribution in [3.63, 3.8) is 0 Å². The molecule has 4 heteroatoms. The number of aliphatic hydroxyl groups excluding tert-OH is 1. The van der Waals surface area contributed by atoms with E-state index in [4.69, 9.17) is 10.2 Å². The van der Waals surface area contributed by atoms with E-state index in [1.54, 1.807) is 4.90 Å². The topological polar surface area (TPSA) is 60.8 Å². The highest BCUT2D eigenvalue weighted by Crippen LogP contribution is 2.08. The molecule has 13 heavy (non-hydrogen) atoms. The summed E-state index contributed by atoms with van der Waals surface area (Å²) in [5.41, 5.74) is 0. The molecule has 0 aromatic heterocycles. The quantitative estimate of drug-likeness (QED) is 0.640. The molecule has 78 valence electrons. The summed E-state index contributed by atoms with van der Waals surface area (Å²) in [6, 6.07) is -0.333. The predicted octanol–water partition coefficient (Wildman–Crippen LogP) is 0.552. The molecule has 0 saturated heterocycles. The zero-order chi connectivity index (χ0) is 10.4. The van der Waals surface area contributed by atoms with E-state index in [0.29, 0.717) is 13.0 Å². The number of carbonyl (C=O) groups is 1. The van der Waals surface area contributed by atoms with Gasteiger partial charge in [0, 0.05) is 12.6 Å². The first-order valence-corrected chi connectivity index (χ1v) is 4.64. The van der Waals surface area contributed by atoms with E-state index in [9.17, 15) is 4.79 Å². The highest BCUT2D eigenvalue weighted by atomic mass is 16.4. The fourth-order valence-electron chi connectivity index (χ4n) is 1.44. The Morgan fingerprint density at radius 1 is 1.46 bits per heavy atom. The van der Waals surface area contributed by atoms with Crippen LogP contribution in [0, 0.1) is 0 Å². The molecule has 0 saturated carbocycles. The molecule has 0 rings (SSSR count). The van der Waals surface area contributed by atoms with Crippen LogP contribution in [-0.2, 0) is 4.79 Å². The third-order valence-electron chi connectivity index (χ3n) is 2.09. The highest BCUT2D eigenvalue weighted by Gasteiger charge is 2.24. The number of aliphatic carboxylic acids is 1. The zero-order valence-electron chi connectivity index (χ0n) is 8.53. The van der Waals surface area contributed by atoms with Gasteiger partial charge in [-0.3, -0.25) is 9.69 Å². The Bertz CT molecular complexity index is 159. The van der Waals surface area contributed by atoms with E-state index in [0.717, 1.165) is 0 Å². The van der Waals surface area contributed by atoms with E-state index < -0.39 is 12.0 Å². The van der Waals surface area contributed by atoms with Gasteiger partial charge in [-0.15, -0.1) is 0 Å². The largest absolute Gasteiger partial charge is 0.480 e. The van der Waals surface area contributed by atoms with Gasteiger partial charge in [-0.1, -0.05) is 6.92 Å². The maximum atomic E-state index is 10.8. The minimum Gasteiger partial charge on any atom is -0.480 e. The lowest BCUT2D eigenvalue weighted by Crippen LogP contribution is -2.46. The Kier molecular flexibility index (Phi) is 5.66. The van der Waals surface area contributed by atoms with Crippen LogP contribution >= 0.6 is 0 Å². The molecule has 4 nitrogen and oxygen atoms in total. The maximum absolute atomic E-state index is 10.8. The minimum atomic E-state index is -0.815. The Hall–Kier alpha value is -0.610. The van der Waals surface area contributed by atoms with E-state index in [-0.39, 0.29) is 12.6 Å². The number of carboxylic acids is 1. The second kappa shape index (κ2) is 5.94. The molecule has 1 atom stereocenters. The van der Waals surface area contributed by atoms with Crippen LogP contribution in [-0.4, -0.2) is 46.3 Å².